The summed E-state index contributed by atoms with van der Waals surface area (Å²) in [5.41, 5.74) is 1.55. The molecule has 3 rings (SSSR count). The van der Waals surface area contributed by atoms with Gasteiger partial charge in [0.25, 0.3) is 5.56 Å². The van der Waals surface area contributed by atoms with Gasteiger partial charge in [0.05, 0.1) is 12.2 Å². The minimum Gasteiger partial charge on any atom is -0.382 e. The first-order chi connectivity index (χ1) is 13.6. The van der Waals surface area contributed by atoms with Crippen LogP contribution in [0.25, 0.3) is 5.82 Å². The molecule has 2 aromatic rings. The van der Waals surface area contributed by atoms with Gasteiger partial charge in [0.2, 0.25) is 0 Å². The third-order valence-electron chi connectivity index (χ3n) is 4.98. The van der Waals surface area contributed by atoms with Crippen LogP contribution in [0.5, 0.6) is 0 Å². The van der Waals surface area contributed by atoms with E-state index in [0.29, 0.717) is 45.1 Å². The average molecular weight is 414 g/mol. The second kappa shape index (κ2) is 8.64. The molecule has 160 valence electrons. The van der Waals surface area contributed by atoms with Gasteiger partial charge in [-0.2, -0.15) is 18.3 Å². The highest BCUT2D eigenvalue weighted by Crippen LogP contribution is 2.21. The minimum absolute atomic E-state index is 0.220. The van der Waals surface area contributed by atoms with Crippen LogP contribution in [-0.4, -0.2) is 86.0 Å². The molecule has 1 atom stereocenters. The van der Waals surface area contributed by atoms with E-state index in [1.165, 1.54) is 10.7 Å². The van der Waals surface area contributed by atoms with Gasteiger partial charge in [-0.15, -0.1) is 5.10 Å². The van der Waals surface area contributed by atoms with E-state index in [1.807, 2.05) is 19.9 Å². The molecule has 1 unspecified atom stereocenters. The fraction of sp³-hybridized carbons (Fsp3) is 0.611. The first-order valence-electron chi connectivity index (χ1n) is 9.45. The molecule has 11 heteroatoms. The van der Waals surface area contributed by atoms with E-state index < -0.39 is 18.8 Å². The molecule has 1 aliphatic heterocycles. The van der Waals surface area contributed by atoms with Gasteiger partial charge >= 0.3 is 6.18 Å². The number of aryl methyl sites for hydroxylation is 2. The van der Waals surface area contributed by atoms with Crippen molar-refractivity contribution in [2.24, 2.45) is 0 Å². The largest absolute Gasteiger partial charge is 0.415 e. The van der Waals surface area contributed by atoms with Crippen LogP contribution in [0.15, 0.2) is 23.0 Å². The van der Waals surface area contributed by atoms with Crippen molar-refractivity contribution >= 4 is 0 Å². The number of hydrogen-bond acceptors (Lipinski definition) is 6. The number of halogens is 3. The summed E-state index contributed by atoms with van der Waals surface area (Å²) in [5, 5.41) is 18.0. The Bertz CT molecular complexity index is 886. The Morgan fingerprint density at radius 1 is 1.07 bits per heavy atom. The van der Waals surface area contributed by atoms with Gasteiger partial charge < -0.3 is 5.11 Å². The molecular weight excluding hydrogens is 389 g/mol. The number of rotatable bonds is 6. The van der Waals surface area contributed by atoms with Crippen LogP contribution in [-0.2, 0) is 6.54 Å². The zero-order valence-corrected chi connectivity index (χ0v) is 16.4. The Kier molecular flexibility index (Phi) is 6.39. The topological polar surface area (TPSA) is 79.4 Å². The number of aliphatic hydroxyl groups excluding tert-OH is 1. The Labute approximate surface area is 166 Å². The fourth-order valence-electron chi connectivity index (χ4n) is 3.35. The number of piperazine rings is 1. The third-order valence-corrected chi connectivity index (χ3v) is 4.98. The van der Waals surface area contributed by atoms with Crippen molar-refractivity contribution in [2.45, 2.75) is 32.7 Å². The molecular formula is C18H25F3N6O2. The summed E-state index contributed by atoms with van der Waals surface area (Å²) in [5.74, 6) is 0.557. The summed E-state index contributed by atoms with van der Waals surface area (Å²) >= 11 is 0. The van der Waals surface area contributed by atoms with Gasteiger partial charge in [-0.3, -0.25) is 14.6 Å². The van der Waals surface area contributed by atoms with Gasteiger partial charge in [0, 0.05) is 51.0 Å². The van der Waals surface area contributed by atoms with Crippen molar-refractivity contribution in [3.05, 3.63) is 39.9 Å². The van der Waals surface area contributed by atoms with E-state index in [-0.39, 0.29) is 5.56 Å². The lowest BCUT2D eigenvalue weighted by molar-refractivity contribution is -0.208. The van der Waals surface area contributed by atoms with Crippen LogP contribution in [0.1, 0.15) is 11.4 Å². The Hall–Kier alpha value is -2.24. The van der Waals surface area contributed by atoms with Crippen LogP contribution in [0.4, 0.5) is 13.2 Å². The zero-order chi connectivity index (χ0) is 21.2. The first-order valence-corrected chi connectivity index (χ1v) is 9.45. The normalized spacial score (nSPS) is 17.6. The van der Waals surface area contributed by atoms with Crippen LogP contribution in [0, 0.1) is 13.8 Å². The van der Waals surface area contributed by atoms with Gasteiger partial charge in [-0.25, -0.2) is 9.36 Å². The molecule has 8 nitrogen and oxygen atoms in total. The van der Waals surface area contributed by atoms with Crippen LogP contribution < -0.4 is 5.56 Å². The highest BCUT2D eigenvalue weighted by Gasteiger charge is 2.39. The van der Waals surface area contributed by atoms with Crippen molar-refractivity contribution in [3.8, 4) is 5.82 Å². The Balaban J connectivity index is 1.55. The molecule has 1 N–H and O–H groups in total. The van der Waals surface area contributed by atoms with E-state index >= 15 is 0 Å². The predicted octanol–water partition coefficient (Wildman–Crippen LogP) is 0.587. The molecule has 0 amide bonds. The van der Waals surface area contributed by atoms with Crippen LogP contribution in [0.3, 0.4) is 0 Å². The lowest BCUT2D eigenvalue weighted by Crippen LogP contribution is -2.51. The molecule has 0 bridgehead atoms. The average Bonchev–Trinajstić information content (AvgIpc) is 2.99. The summed E-state index contributed by atoms with van der Waals surface area (Å²) in [4.78, 5) is 15.8. The maximum Gasteiger partial charge on any atom is 0.415 e. The van der Waals surface area contributed by atoms with Gasteiger partial charge in [-0.05, 0) is 26.0 Å². The lowest BCUT2D eigenvalue weighted by atomic mass is 10.2. The van der Waals surface area contributed by atoms with Gasteiger partial charge in [0.1, 0.15) is 0 Å². The second-order valence-electron chi connectivity index (χ2n) is 7.29. The first kappa shape index (κ1) is 21.5. The van der Waals surface area contributed by atoms with Crippen molar-refractivity contribution in [2.75, 3.05) is 39.3 Å². The molecule has 1 aliphatic rings. The maximum atomic E-state index is 12.5. The second-order valence-corrected chi connectivity index (χ2v) is 7.29. The highest BCUT2D eigenvalue weighted by atomic mass is 19.4. The van der Waals surface area contributed by atoms with Crippen molar-refractivity contribution in [3.63, 3.8) is 0 Å². The Morgan fingerprint density at radius 2 is 1.72 bits per heavy atom. The number of hydrogen-bond donors (Lipinski definition) is 1. The predicted molar refractivity (Wildman–Crippen MR) is 100 cm³/mol. The summed E-state index contributed by atoms with van der Waals surface area (Å²) in [6.07, 6.45) is -6.92. The SMILES string of the molecule is Cc1cc(C)n(-c2ccc(=O)n(CCN3CCN(CC(O)C(F)(F)F)CC3)n2)n1. The van der Waals surface area contributed by atoms with E-state index in [1.54, 1.807) is 15.6 Å². The van der Waals surface area contributed by atoms with E-state index in [4.69, 9.17) is 0 Å². The van der Waals surface area contributed by atoms with E-state index in [0.717, 1.165) is 11.4 Å². The Morgan fingerprint density at radius 3 is 2.31 bits per heavy atom. The van der Waals surface area contributed by atoms with Crippen molar-refractivity contribution in [1.29, 1.82) is 0 Å². The molecule has 3 heterocycles. The van der Waals surface area contributed by atoms with Crippen LogP contribution >= 0.6 is 0 Å². The maximum absolute atomic E-state index is 12.5. The molecule has 0 saturated carbocycles. The van der Waals surface area contributed by atoms with Gasteiger partial charge in [-0.1, -0.05) is 0 Å². The third kappa shape index (κ3) is 5.43. The summed E-state index contributed by atoms with van der Waals surface area (Å²) in [6.45, 7) is 6.30. The molecule has 29 heavy (non-hydrogen) atoms. The van der Waals surface area contributed by atoms with Gasteiger partial charge in [0.15, 0.2) is 11.9 Å². The van der Waals surface area contributed by atoms with Crippen molar-refractivity contribution in [1.82, 2.24) is 29.4 Å². The minimum atomic E-state index is -4.60. The molecule has 2 aromatic heterocycles. The number of β-amino-alcohol motifs (C(OH)–C–C–N with tert-alkyl or cyclic N) is 1. The number of aromatic nitrogens is 4. The standard InChI is InChI=1S/C18H25F3N6O2/c1-13-11-14(2)27(22-13)16-3-4-17(29)26(23-16)10-9-24-5-7-25(8-6-24)12-15(28)18(19,20)21/h3-4,11,15,28H,5-10,12H2,1-2H3. The highest BCUT2D eigenvalue weighted by molar-refractivity contribution is 5.23. The molecule has 1 fully saturated rings. The quantitative estimate of drug-likeness (QED) is 0.745. The molecule has 1 saturated heterocycles. The summed E-state index contributed by atoms with van der Waals surface area (Å²) in [7, 11) is 0. The monoisotopic (exact) mass is 414 g/mol. The fourth-order valence-corrected chi connectivity index (χ4v) is 3.35. The molecule has 0 radical (unpaired) electrons. The molecule has 0 aliphatic carbocycles. The van der Waals surface area contributed by atoms with E-state index in [2.05, 4.69) is 15.1 Å². The lowest BCUT2D eigenvalue weighted by Gasteiger charge is -2.35. The van der Waals surface area contributed by atoms with Crippen molar-refractivity contribution < 1.29 is 18.3 Å². The molecule has 0 spiro atoms. The molecule has 0 aromatic carbocycles. The summed E-state index contributed by atoms with van der Waals surface area (Å²) in [6, 6.07) is 5.00. The zero-order valence-electron chi connectivity index (χ0n) is 16.4. The van der Waals surface area contributed by atoms with Crippen LogP contribution in [0.2, 0.25) is 0 Å². The smallest absolute Gasteiger partial charge is 0.382 e. The number of nitrogens with zero attached hydrogens (tertiary/aromatic N) is 6. The van der Waals surface area contributed by atoms with E-state index in [9.17, 15) is 23.1 Å². The number of aliphatic hydroxyl groups is 1. The number of alkyl halides is 3. The summed E-state index contributed by atoms with van der Waals surface area (Å²) < 4.78 is 40.5.